The van der Waals surface area contributed by atoms with E-state index >= 15 is 0 Å². The molecular weight excluding hydrogens is 440 g/mol. The van der Waals surface area contributed by atoms with Crippen LogP contribution in [0.25, 0.3) is 22.5 Å². The van der Waals surface area contributed by atoms with Gasteiger partial charge in [-0.25, -0.2) is 0 Å². The molecular formula is C28H30N4O3. The molecule has 1 aliphatic carbocycles. The van der Waals surface area contributed by atoms with E-state index in [-0.39, 0.29) is 5.91 Å². The van der Waals surface area contributed by atoms with Gasteiger partial charge in [-0.1, -0.05) is 23.4 Å². The number of nitrogens with zero attached hydrogens (tertiary/aromatic N) is 4. The Kier molecular flexibility index (Phi) is 5.86. The Morgan fingerprint density at radius 2 is 1.71 bits per heavy atom. The van der Waals surface area contributed by atoms with Crippen LogP contribution in [0.3, 0.4) is 0 Å². The first kappa shape index (κ1) is 22.0. The number of piperidine rings is 1. The van der Waals surface area contributed by atoms with Crippen LogP contribution in [0.4, 0.5) is 0 Å². The fourth-order valence-corrected chi connectivity index (χ4v) is 5.87. The van der Waals surface area contributed by atoms with E-state index < -0.39 is 0 Å². The maximum atomic E-state index is 13.5. The number of carbonyl (C=O) groups excluding carboxylic acids is 1. The minimum atomic E-state index is -0.0395. The lowest BCUT2D eigenvalue weighted by Crippen LogP contribution is -2.45. The second-order valence-electron chi connectivity index (χ2n) is 9.77. The maximum absolute atomic E-state index is 13.5. The van der Waals surface area contributed by atoms with E-state index in [9.17, 15) is 10.0 Å². The third-order valence-electron chi connectivity index (χ3n) is 7.77. The van der Waals surface area contributed by atoms with Gasteiger partial charge in [-0.15, -0.1) is 0 Å². The molecule has 0 radical (unpaired) electrons. The quantitative estimate of drug-likeness (QED) is 0.436. The minimum absolute atomic E-state index is 0.0395. The van der Waals surface area contributed by atoms with Gasteiger partial charge in [-0.05, 0) is 80.9 Å². The summed E-state index contributed by atoms with van der Waals surface area (Å²) in [4.78, 5) is 22.2. The zero-order valence-electron chi connectivity index (χ0n) is 19.8. The SMILES string of the molecule is O=C(c1cc(-c2ccc3c(c2)CCC3=NO)c(-c2ccncc2)o1)N1CCC(N2CCCC2)CC1. The summed E-state index contributed by atoms with van der Waals surface area (Å²) in [7, 11) is 0. The summed E-state index contributed by atoms with van der Waals surface area (Å²) in [5, 5.41) is 12.7. The van der Waals surface area contributed by atoms with Crippen molar-refractivity contribution in [3.05, 3.63) is 65.7 Å². The van der Waals surface area contributed by atoms with Crippen LogP contribution in [-0.4, -0.2) is 63.8 Å². The van der Waals surface area contributed by atoms with Crippen molar-refractivity contribution in [3.63, 3.8) is 0 Å². The number of fused-ring (bicyclic) bond motifs is 1. The van der Waals surface area contributed by atoms with E-state index in [2.05, 4.69) is 21.1 Å². The molecule has 0 atom stereocenters. The number of aryl methyl sites for hydroxylation is 1. The number of likely N-dealkylation sites (tertiary alicyclic amines) is 2. The van der Waals surface area contributed by atoms with Crippen molar-refractivity contribution in [3.8, 4) is 22.5 Å². The Hall–Kier alpha value is -3.45. The molecule has 2 saturated heterocycles. The van der Waals surface area contributed by atoms with Gasteiger partial charge in [0.25, 0.3) is 5.91 Å². The normalized spacial score (nSPS) is 20.0. The Labute approximate surface area is 205 Å². The lowest BCUT2D eigenvalue weighted by atomic mass is 9.98. The van der Waals surface area contributed by atoms with Crippen LogP contribution in [0.2, 0.25) is 0 Å². The molecule has 6 rings (SSSR count). The average Bonchev–Trinajstić information content (AvgIpc) is 3.68. The van der Waals surface area contributed by atoms with Crippen LogP contribution in [0.15, 0.2) is 58.4 Å². The molecule has 0 bridgehead atoms. The Morgan fingerprint density at radius 1 is 0.943 bits per heavy atom. The Morgan fingerprint density at radius 3 is 2.46 bits per heavy atom. The first-order valence-corrected chi connectivity index (χ1v) is 12.6. The number of hydrogen-bond acceptors (Lipinski definition) is 6. The lowest BCUT2D eigenvalue weighted by molar-refractivity contribution is 0.0615. The number of hydrogen-bond donors (Lipinski definition) is 1. The van der Waals surface area contributed by atoms with E-state index in [0.29, 0.717) is 17.6 Å². The number of pyridine rings is 1. The van der Waals surface area contributed by atoms with E-state index in [0.717, 1.165) is 72.3 Å². The van der Waals surface area contributed by atoms with Crippen molar-refractivity contribution in [1.82, 2.24) is 14.8 Å². The van der Waals surface area contributed by atoms with Crippen LogP contribution in [0.5, 0.6) is 0 Å². The van der Waals surface area contributed by atoms with Gasteiger partial charge in [0.15, 0.2) is 5.76 Å². The van der Waals surface area contributed by atoms with Gasteiger partial charge in [-0.3, -0.25) is 9.78 Å². The summed E-state index contributed by atoms with van der Waals surface area (Å²) in [6.07, 6.45) is 9.67. The summed E-state index contributed by atoms with van der Waals surface area (Å²) < 4.78 is 6.27. The van der Waals surface area contributed by atoms with Crippen molar-refractivity contribution < 1.29 is 14.4 Å². The van der Waals surface area contributed by atoms with E-state index in [1.165, 1.54) is 25.9 Å². The van der Waals surface area contributed by atoms with Crippen molar-refractivity contribution in [1.29, 1.82) is 0 Å². The maximum Gasteiger partial charge on any atom is 0.289 e. The van der Waals surface area contributed by atoms with Crippen LogP contribution < -0.4 is 0 Å². The molecule has 4 heterocycles. The van der Waals surface area contributed by atoms with Gasteiger partial charge in [0, 0.05) is 48.2 Å². The Balaban J connectivity index is 1.30. The third kappa shape index (κ3) is 4.14. The van der Waals surface area contributed by atoms with Crippen molar-refractivity contribution >= 4 is 11.6 Å². The minimum Gasteiger partial charge on any atom is -0.450 e. The molecule has 3 aliphatic rings. The first-order chi connectivity index (χ1) is 17.2. The highest BCUT2D eigenvalue weighted by Crippen LogP contribution is 2.38. The van der Waals surface area contributed by atoms with Crippen LogP contribution in [0, 0.1) is 0 Å². The number of aromatic nitrogens is 1. The number of furan rings is 1. The lowest BCUT2D eigenvalue weighted by Gasteiger charge is -2.36. The first-order valence-electron chi connectivity index (χ1n) is 12.6. The predicted octanol–water partition coefficient (Wildman–Crippen LogP) is 4.83. The second kappa shape index (κ2) is 9.30. The molecule has 1 aromatic carbocycles. The van der Waals surface area contributed by atoms with Gasteiger partial charge in [-0.2, -0.15) is 0 Å². The van der Waals surface area contributed by atoms with Gasteiger partial charge >= 0.3 is 0 Å². The fourth-order valence-electron chi connectivity index (χ4n) is 5.87. The Bertz CT molecular complexity index is 1250. The van der Waals surface area contributed by atoms with Crippen molar-refractivity contribution in [2.75, 3.05) is 26.2 Å². The third-order valence-corrected chi connectivity index (χ3v) is 7.77. The monoisotopic (exact) mass is 470 g/mol. The number of carbonyl (C=O) groups is 1. The van der Waals surface area contributed by atoms with E-state index in [1.807, 2.05) is 35.2 Å². The van der Waals surface area contributed by atoms with Crippen molar-refractivity contribution in [2.24, 2.45) is 5.16 Å². The summed E-state index contributed by atoms with van der Waals surface area (Å²) in [6.45, 7) is 3.93. The molecule has 7 nitrogen and oxygen atoms in total. The molecule has 2 aliphatic heterocycles. The number of rotatable bonds is 4. The largest absolute Gasteiger partial charge is 0.450 e. The molecule has 35 heavy (non-hydrogen) atoms. The highest BCUT2D eigenvalue weighted by molar-refractivity contribution is 6.05. The zero-order chi connectivity index (χ0) is 23.8. The topological polar surface area (TPSA) is 82.2 Å². The van der Waals surface area contributed by atoms with Gasteiger partial charge < -0.3 is 19.4 Å². The molecule has 1 N–H and O–H groups in total. The smallest absolute Gasteiger partial charge is 0.289 e. The number of amides is 1. The molecule has 0 spiro atoms. The van der Waals surface area contributed by atoms with Crippen LogP contribution in [0.1, 0.15) is 53.8 Å². The molecule has 180 valence electrons. The van der Waals surface area contributed by atoms with Gasteiger partial charge in [0.2, 0.25) is 0 Å². The molecule has 1 amide bonds. The van der Waals surface area contributed by atoms with E-state index in [4.69, 9.17) is 4.42 Å². The van der Waals surface area contributed by atoms with Crippen LogP contribution >= 0.6 is 0 Å². The highest BCUT2D eigenvalue weighted by Gasteiger charge is 2.31. The molecule has 3 aromatic rings. The standard InChI is InChI=1S/C28H30N4O3/c33-28(32-15-9-22(10-16-32)31-13-1-2-14-31)26-18-24(27(35-26)19-7-11-29-12-8-19)21-3-5-23-20(17-21)4-6-25(23)30-34/h3,5,7-8,11-12,17-18,22,34H,1-2,4,6,9-10,13-16H2. The molecule has 0 saturated carbocycles. The zero-order valence-corrected chi connectivity index (χ0v) is 19.8. The second-order valence-corrected chi connectivity index (χ2v) is 9.77. The average molecular weight is 471 g/mol. The molecule has 2 aromatic heterocycles. The summed E-state index contributed by atoms with van der Waals surface area (Å²) in [5.41, 5.74) is 5.63. The van der Waals surface area contributed by atoms with Crippen molar-refractivity contribution in [2.45, 2.75) is 44.6 Å². The molecule has 2 fully saturated rings. The van der Waals surface area contributed by atoms with Crippen LogP contribution in [-0.2, 0) is 6.42 Å². The predicted molar refractivity (Wildman–Crippen MR) is 134 cm³/mol. The summed E-state index contributed by atoms with van der Waals surface area (Å²) in [6, 6.07) is 12.4. The number of oxime groups is 1. The van der Waals surface area contributed by atoms with E-state index in [1.54, 1.807) is 12.4 Å². The fraction of sp³-hybridized carbons (Fsp3) is 0.393. The highest BCUT2D eigenvalue weighted by atomic mass is 16.4. The molecule has 7 heteroatoms. The number of benzene rings is 1. The molecule has 0 unspecified atom stereocenters. The van der Waals surface area contributed by atoms with Gasteiger partial charge in [0.05, 0.1) is 5.71 Å². The summed E-state index contributed by atoms with van der Waals surface area (Å²) >= 11 is 0. The van der Waals surface area contributed by atoms with Gasteiger partial charge in [0.1, 0.15) is 5.76 Å². The summed E-state index contributed by atoms with van der Waals surface area (Å²) in [5.74, 6) is 1.02.